The summed E-state index contributed by atoms with van der Waals surface area (Å²) >= 11 is 0. The summed E-state index contributed by atoms with van der Waals surface area (Å²) in [7, 11) is 1.42. The van der Waals surface area contributed by atoms with E-state index in [-0.39, 0.29) is 5.97 Å². The number of esters is 1. The Morgan fingerprint density at radius 1 is 0.438 bits per heavy atom. The summed E-state index contributed by atoms with van der Waals surface area (Å²) in [6.07, 6.45) is 0. The van der Waals surface area contributed by atoms with Crippen LogP contribution in [0.5, 0.6) is 0 Å². The predicted molar refractivity (Wildman–Crippen MR) is 197 cm³/mol. The van der Waals surface area contributed by atoms with E-state index in [2.05, 4.69) is 149 Å². The van der Waals surface area contributed by atoms with E-state index < -0.39 is 0 Å². The van der Waals surface area contributed by atoms with Crippen LogP contribution in [-0.4, -0.2) is 22.2 Å². The van der Waals surface area contributed by atoms with Gasteiger partial charge in [0.15, 0.2) is 0 Å². The number of carbonyl (C=O) groups excluding carboxylic acids is 1. The van der Waals surface area contributed by atoms with Crippen molar-refractivity contribution >= 4 is 49.6 Å². The largest absolute Gasteiger partial charge is 0.465 e. The maximum Gasteiger partial charge on any atom is 0.338 e. The molecule has 0 bridgehead atoms. The topological polar surface area (TPSA) is 36.2 Å². The number of benzene rings is 7. The lowest BCUT2D eigenvalue weighted by atomic mass is 9.98. The van der Waals surface area contributed by atoms with Crippen LogP contribution in [0.4, 0.5) is 0 Å². The van der Waals surface area contributed by atoms with E-state index in [4.69, 9.17) is 4.74 Å². The highest BCUT2D eigenvalue weighted by molar-refractivity contribution is 6.11. The first-order valence-corrected chi connectivity index (χ1v) is 16.1. The molecule has 0 atom stereocenters. The van der Waals surface area contributed by atoms with Gasteiger partial charge in [0.25, 0.3) is 0 Å². The van der Waals surface area contributed by atoms with Gasteiger partial charge in [-0.05, 0) is 82.9 Å². The summed E-state index contributed by atoms with van der Waals surface area (Å²) in [5.74, 6) is -0.338. The highest BCUT2D eigenvalue weighted by atomic mass is 16.5. The number of ether oxygens (including phenoxy) is 1. The van der Waals surface area contributed by atoms with Crippen molar-refractivity contribution in [2.24, 2.45) is 0 Å². The van der Waals surface area contributed by atoms with Crippen LogP contribution >= 0.6 is 0 Å². The molecule has 0 N–H and O–H groups in total. The van der Waals surface area contributed by atoms with Crippen molar-refractivity contribution in [3.8, 4) is 33.6 Å². The van der Waals surface area contributed by atoms with Crippen molar-refractivity contribution in [2.75, 3.05) is 7.11 Å². The Labute approximate surface area is 277 Å². The second-order valence-electron chi connectivity index (χ2n) is 12.1. The third-order valence-electron chi connectivity index (χ3n) is 9.48. The van der Waals surface area contributed by atoms with Gasteiger partial charge >= 0.3 is 5.97 Å². The lowest BCUT2D eigenvalue weighted by molar-refractivity contribution is 0.0601. The maximum atomic E-state index is 12.5. The summed E-state index contributed by atoms with van der Waals surface area (Å²) in [6.45, 7) is 0. The van der Waals surface area contributed by atoms with Crippen LogP contribution in [0.1, 0.15) is 10.4 Å². The van der Waals surface area contributed by atoms with Crippen LogP contribution in [-0.2, 0) is 4.74 Å². The number of fused-ring (bicyclic) bond motifs is 6. The Hall–Kier alpha value is -6.39. The van der Waals surface area contributed by atoms with Crippen molar-refractivity contribution in [1.82, 2.24) is 9.13 Å². The fourth-order valence-electron chi connectivity index (χ4n) is 7.25. The molecule has 0 saturated carbocycles. The van der Waals surface area contributed by atoms with E-state index in [1.165, 1.54) is 34.5 Å². The summed E-state index contributed by atoms with van der Waals surface area (Å²) in [5, 5.41) is 4.82. The molecular weight excluding hydrogens is 588 g/mol. The second-order valence-corrected chi connectivity index (χ2v) is 12.1. The molecule has 4 nitrogen and oxygen atoms in total. The number of carbonyl (C=O) groups is 1. The molecule has 0 spiro atoms. The lowest BCUT2D eigenvalue weighted by Crippen LogP contribution is -2.03. The van der Waals surface area contributed by atoms with Gasteiger partial charge in [-0.3, -0.25) is 0 Å². The molecule has 9 aromatic rings. The molecule has 2 heterocycles. The van der Waals surface area contributed by atoms with Crippen LogP contribution in [0.15, 0.2) is 164 Å². The lowest BCUT2D eigenvalue weighted by Gasteiger charge is -2.12. The van der Waals surface area contributed by atoms with E-state index >= 15 is 0 Å². The van der Waals surface area contributed by atoms with Crippen LogP contribution in [0.25, 0.3) is 77.2 Å². The minimum Gasteiger partial charge on any atom is -0.465 e. The Bertz CT molecular complexity index is 2610. The average molecular weight is 619 g/mol. The standard InChI is InChI=1S/C44H30N2O2/c1-48-44(47)38-14-3-2-10-34(38)31-22-27-43-39(28-31)37-13-6-9-17-42(37)46(43)33-25-20-30(21-26-33)29-18-23-32(24-19-29)45-40-15-7-4-11-35(40)36-12-5-8-16-41(36)45/h2-28H,1H3. The number of aromatic nitrogens is 2. The smallest absolute Gasteiger partial charge is 0.338 e. The molecule has 9 rings (SSSR count). The number of nitrogens with zero attached hydrogens (tertiary/aromatic N) is 2. The van der Waals surface area contributed by atoms with Gasteiger partial charge in [-0.15, -0.1) is 0 Å². The number of para-hydroxylation sites is 3. The minimum absolute atomic E-state index is 0.338. The number of methoxy groups -OCH3 is 1. The summed E-state index contributed by atoms with van der Waals surface area (Å²) in [5.41, 5.74) is 11.6. The zero-order valence-corrected chi connectivity index (χ0v) is 26.3. The van der Waals surface area contributed by atoms with Crippen LogP contribution in [0, 0.1) is 0 Å². The quantitative estimate of drug-likeness (QED) is 0.180. The molecule has 0 amide bonds. The minimum atomic E-state index is -0.338. The van der Waals surface area contributed by atoms with E-state index in [1.807, 2.05) is 24.3 Å². The zero-order chi connectivity index (χ0) is 32.2. The molecule has 7 aromatic carbocycles. The molecule has 0 aliphatic heterocycles. The first-order chi connectivity index (χ1) is 23.7. The van der Waals surface area contributed by atoms with E-state index in [9.17, 15) is 4.79 Å². The SMILES string of the molecule is COC(=O)c1ccccc1-c1ccc2c(c1)c1ccccc1n2-c1ccc(-c2ccc(-n3c4ccccc4c4ccccc43)cc2)cc1. The first-order valence-electron chi connectivity index (χ1n) is 16.1. The van der Waals surface area contributed by atoms with Crippen molar-refractivity contribution in [2.45, 2.75) is 0 Å². The molecular formula is C44H30N2O2. The molecule has 0 aliphatic rings. The van der Waals surface area contributed by atoms with Gasteiger partial charge in [-0.2, -0.15) is 0 Å². The van der Waals surface area contributed by atoms with Crippen molar-refractivity contribution in [3.05, 3.63) is 169 Å². The Balaban J connectivity index is 1.09. The van der Waals surface area contributed by atoms with Crippen LogP contribution < -0.4 is 0 Å². The molecule has 0 saturated heterocycles. The summed E-state index contributed by atoms with van der Waals surface area (Å²) < 4.78 is 9.73. The van der Waals surface area contributed by atoms with Gasteiger partial charge in [-0.1, -0.05) is 103 Å². The van der Waals surface area contributed by atoms with Crippen LogP contribution in [0.3, 0.4) is 0 Å². The average Bonchev–Trinajstić information content (AvgIpc) is 3.67. The maximum absolute atomic E-state index is 12.5. The van der Waals surface area contributed by atoms with Crippen molar-refractivity contribution in [3.63, 3.8) is 0 Å². The normalized spacial score (nSPS) is 11.5. The zero-order valence-electron chi connectivity index (χ0n) is 26.3. The van der Waals surface area contributed by atoms with Gasteiger partial charge in [-0.25, -0.2) is 4.79 Å². The summed E-state index contributed by atoms with van der Waals surface area (Å²) in [4.78, 5) is 12.5. The number of rotatable bonds is 5. The number of hydrogen-bond donors (Lipinski definition) is 0. The van der Waals surface area contributed by atoms with Crippen molar-refractivity contribution in [1.29, 1.82) is 0 Å². The van der Waals surface area contributed by atoms with Crippen molar-refractivity contribution < 1.29 is 9.53 Å². The summed E-state index contributed by atoms with van der Waals surface area (Å²) in [6, 6.07) is 57.4. The fraction of sp³-hybridized carbons (Fsp3) is 0.0227. The Morgan fingerprint density at radius 3 is 1.38 bits per heavy atom. The third kappa shape index (κ3) is 4.34. The molecule has 0 unspecified atom stereocenters. The highest BCUT2D eigenvalue weighted by Crippen LogP contribution is 2.37. The van der Waals surface area contributed by atoms with E-state index in [0.717, 1.165) is 49.9 Å². The van der Waals surface area contributed by atoms with Gasteiger partial charge in [0.1, 0.15) is 0 Å². The van der Waals surface area contributed by atoms with E-state index in [0.29, 0.717) is 5.56 Å². The third-order valence-corrected chi connectivity index (χ3v) is 9.48. The van der Waals surface area contributed by atoms with Crippen LogP contribution in [0.2, 0.25) is 0 Å². The molecule has 48 heavy (non-hydrogen) atoms. The second kappa shape index (κ2) is 11.1. The van der Waals surface area contributed by atoms with E-state index in [1.54, 1.807) is 0 Å². The molecule has 228 valence electrons. The Kier molecular flexibility index (Phi) is 6.47. The molecule has 0 aliphatic carbocycles. The molecule has 2 aromatic heterocycles. The molecule has 0 fully saturated rings. The predicted octanol–water partition coefficient (Wildman–Crippen LogP) is 11.0. The fourth-order valence-corrected chi connectivity index (χ4v) is 7.25. The monoisotopic (exact) mass is 618 g/mol. The van der Waals surface area contributed by atoms with Gasteiger partial charge in [0.2, 0.25) is 0 Å². The highest BCUT2D eigenvalue weighted by Gasteiger charge is 2.17. The van der Waals surface area contributed by atoms with Gasteiger partial charge in [0.05, 0.1) is 34.7 Å². The van der Waals surface area contributed by atoms with Gasteiger partial charge in [0, 0.05) is 32.9 Å². The Morgan fingerprint density at radius 2 is 0.854 bits per heavy atom. The first kappa shape index (κ1) is 27.9. The van der Waals surface area contributed by atoms with Gasteiger partial charge < -0.3 is 13.9 Å². The molecule has 0 radical (unpaired) electrons. The number of hydrogen-bond acceptors (Lipinski definition) is 2. The molecule has 4 heteroatoms.